The summed E-state index contributed by atoms with van der Waals surface area (Å²) in [6, 6.07) is 9.25. The molecule has 1 aliphatic carbocycles. The van der Waals surface area contributed by atoms with E-state index in [9.17, 15) is 13.6 Å². The number of rotatable bonds is 3. The van der Waals surface area contributed by atoms with Crippen molar-refractivity contribution in [2.45, 2.75) is 32.1 Å². The maximum Gasteiger partial charge on any atom is 0.259 e. The van der Waals surface area contributed by atoms with Crippen molar-refractivity contribution in [3.8, 4) is 11.1 Å². The molecule has 0 radical (unpaired) electrons. The average molecular weight is 355 g/mol. The number of halogens is 2. The topological polar surface area (TPSA) is 46.4 Å². The normalized spacial score (nSPS) is 19.0. The van der Waals surface area contributed by atoms with Gasteiger partial charge in [-0.2, -0.15) is 0 Å². The fraction of sp³-hybridized carbons (Fsp3) is 0.300. The number of nitrogens with one attached hydrogen (secondary N) is 1. The fourth-order valence-electron chi connectivity index (χ4n) is 3.55. The Morgan fingerprint density at radius 1 is 1.35 bits per heavy atom. The Labute approximate surface area is 149 Å². The third kappa shape index (κ3) is 2.96. The van der Waals surface area contributed by atoms with Crippen LogP contribution in [0.5, 0.6) is 0 Å². The van der Waals surface area contributed by atoms with E-state index < -0.39 is 17.7 Å². The molecule has 2 aromatic heterocycles. The molecule has 1 N–H and O–H groups in total. The zero-order valence-corrected chi connectivity index (χ0v) is 14.4. The first-order valence-electron chi connectivity index (χ1n) is 8.66. The standard InChI is InChI=1S/C20H19F2N3O/c1-13-6-7-15(24-19(26)17-4-2-8-20(17,21)22)10-16(13)14-11-23-18-5-3-9-25(18)12-14/h3,5-7,9-12,17H,2,4,8H2,1H3,(H,24,26). The van der Waals surface area contributed by atoms with Gasteiger partial charge in [0.2, 0.25) is 5.91 Å². The van der Waals surface area contributed by atoms with E-state index in [2.05, 4.69) is 10.3 Å². The van der Waals surface area contributed by atoms with Gasteiger partial charge in [0.15, 0.2) is 0 Å². The van der Waals surface area contributed by atoms with Gasteiger partial charge < -0.3 is 9.72 Å². The van der Waals surface area contributed by atoms with Crippen LogP contribution in [0.15, 0.2) is 48.9 Å². The third-order valence-electron chi connectivity index (χ3n) is 5.02. The van der Waals surface area contributed by atoms with Gasteiger partial charge in [-0.3, -0.25) is 4.79 Å². The minimum absolute atomic E-state index is 0.215. The number of carbonyl (C=O) groups is 1. The summed E-state index contributed by atoms with van der Waals surface area (Å²) in [5.41, 5.74) is 4.19. The minimum Gasteiger partial charge on any atom is -0.326 e. The predicted molar refractivity (Wildman–Crippen MR) is 96.3 cm³/mol. The van der Waals surface area contributed by atoms with Crippen molar-refractivity contribution >= 4 is 17.2 Å². The van der Waals surface area contributed by atoms with E-state index >= 15 is 0 Å². The summed E-state index contributed by atoms with van der Waals surface area (Å²) in [5.74, 6) is -4.77. The second-order valence-corrected chi connectivity index (χ2v) is 6.84. The van der Waals surface area contributed by atoms with Gasteiger partial charge in [0.25, 0.3) is 5.92 Å². The van der Waals surface area contributed by atoms with Crippen molar-refractivity contribution in [3.05, 3.63) is 54.5 Å². The van der Waals surface area contributed by atoms with Crippen molar-refractivity contribution in [2.75, 3.05) is 5.32 Å². The average Bonchev–Trinajstić information content (AvgIpc) is 3.21. The van der Waals surface area contributed by atoms with Crippen molar-refractivity contribution in [2.24, 2.45) is 5.92 Å². The summed E-state index contributed by atoms with van der Waals surface area (Å²) in [7, 11) is 0. The van der Waals surface area contributed by atoms with Gasteiger partial charge >= 0.3 is 0 Å². The minimum atomic E-state index is -2.92. The monoisotopic (exact) mass is 355 g/mol. The Morgan fingerprint density at radius 2 is 2.19 bits per heavy atom. The smallest absolute Gasteiger partial charge is 0.259 e. The number of hydrogen-bond donors (Lipinski definition) is 1. The maximum absolute atomic E-state index is 13.8. The van der Waals surface area contributed by atoms with Crippen LogP contribution in [0.1, 0.15) is 24.8 Å². The summed E-state index contributed by atoms with van der Waals surface area (Å²) in [6.07, 6.45) is 6.04. The first kappa shape index (κ1) is 16.7. The molecule has 1 amide bonds. The molecule has 4 nitrogen and oxygen atoms in total. The van der Waals surface area contributed by atoms with Crippen LogP contribution in [0.3, 0.4) is 0 Å². The van der Waals surface area contributed by atoms with Crippen LogP contribution in [0.2, 0.25) is 0 Å². The molecule has 1 fully saturated rings. The van der Waals surface area contributed by atoms with Crippen molar-refractivity contribution in [1.29, 1.82) is 0 Å². The number of nitrogens with zero attached hydrogens (tertiary/aromatic N) is 2. The Hall–Kier alpha value is -2.76. The molecule has 1 atom stereocenters. The first-order valence-corrected chi connectivity index (χ1v) is 8.66. The quantitative estimate of drug-likeness (QED) is 0.741. The number of benzene rings is 1. The fourth-order valence-corrected chi connectivity index (χ4v) is 3.55. The molecule has 26 heavy (non-hydrogen) atoms. The Bertz CT molecular complexity index is 980. The second-order valence-electron chi connectivity index (χ2n) is 6.84. The van der Waals surface area contributed by atoms with Gasteiger partial charge in [-0.15, -0.1) is 0 Å². The highest BCUT2D eigenvalue weighted by atomic mass is 19.3. The second kappa shape index (κ2) is 6.20. The van der Waals surface area contributed by atoms with Crippen LogP contribution in [0.25, 0.3) is 16.8 Å². The first-order chi connectivity index (χ1) is 12.4. The summed E-state index contributed by atoms with van der Waals surface area (Å²) in [4.78, 5) is 16.7. The molecule has 0 spiro atoms. The molecular formula is C20H19F2N3O. The lowest BCUT2D eigenvalue weighted by atomic mass is 10.0. The van der Waals surface area contributed by atoms with Crippen LogP contribution in [0.4, 0.5) is 14.5 Å². The molecule has 4 rings (SSSR count). The van der Waals surface area contributed by atoms with E-state index in [1.807, 2.05) is 48.0 Å². The van der Waals surface area contributed by atoms with E-state index in [-0.39, 0.29) is 12.8 Å². The zero-order chi connectivity index (χ0) is 18.3. The van der Waals surface area contributed by atoms with Gasteiger partial charge in [0.05, 0.1) is 0 Å². The number of hydrogen-bond acceptors (Lipinski definition) is 2. The highest BCUT2D eigenvalue weighted by molar-refractivity contribution is 5.94. The SMILES string of the molecule is Cc1ccc(NC(=O)C2CCCC2(F)F)cc1-c1cnc2cccn2c1. The number of alkyl halides is 2. The highest BCUT2D eigenvalue weighted by Gasteiger charge is 2.47. The number of anilines is 1. The molecule has 0 bridgehead atoms. The van der Waals surface area contributed by atoms with Crippen molar-refractivity contribution in [1.82, 2.24) is 9.38 Å². The molecule has 0 aliphatic heterocycles. The van der Waals surface area contributed by atoms with Crippen LogP contribution in [0, 0.1) is 12.8 Å². The molecule has 1 aromatic carbocycles. The van der Waals surface area contributed by atoms with Gasteiger partial charge in [0, 0.05) is 36.3 Å². The van der Waals surface area contributed by atoms with Gasteiger partial charge in [-0.1, -0.05) is 6.07 Å². The third-order valence-corrected chi connectivity index (χ3v) is 5.02. The van der Waals surface area contributed by atoms with Crippen molar-refractivity contribution < 1.29 is 13.6 Å². The van der Waals surface area contributed by atoms with Gasteiger partial charge in [0.1, 0.15) is 11.6 Å². The van der Waals surface area contributed by atoms with Gasteiger partial charge in [-0.05, 0) is 55.2 Å². The lowest BCUT2D eigenvalue weighted by molar-refractivity contribution is -0.130. The summed E-state index contributed by atoms with van der Waals surface area (Å²) >= 11 is 0. The molecule has 6 heteroatoms. The predicted octanol–water partition coefficient (Wildman–Crippen LogP) is 4.68. The Morgan fingerprint density at radius 3 is 2.96 bits per heavy atom. The summed E-state index contributed by atoms with van der Waals surface area (Å²) in [5, 5.41) is 2.66. The lowest BCUT2D eigenvalue weighted by Crippen LogP contribution is -2.33. The van der Waals surface area contributed by atoms with E-state index in [4.69, 9.17) is 0 Å². The van der Waals surface area contributed by atoms with E-state index in [1.165, 1.54) is 0 Å². The number of carbonyl (C=O) groups excluding carboxylic acids is 1. The molecule has 1 aliphatic rings. The molecule has 0 saturated heterocycles. The largest absolute Gasteiger partial charge is 0.326 e. The molecule has 3 aromatic rings. The van der Waals surface area contributed by atoms with E-state index in [0.717, 1.165) is 22.3 Å². The van der Waals surface area contributed by atoms with Crippen LogP contribution in [-0.4, -0.2) is 21.2 Å². The lowest BCUT2D eigenvalue weighted by Gasteiger charge is -2.19. The maximum atomic E-state index is 13.8. The molecule has 1 saturated carbocycles. The number of amides is 1. The van der Waals surface area contributed by atoms with Gasteiger partial charge in [-0.25, -0.2) is 13.8 Å². The Kier molecular flexibility index (Phi) is 3.98. The Balaban J connectivity index is 1.63. The van der Waals surface area contributed by atoms with Crippen molar-refractivity contribution in [3.63, 3.8) is 0 Å². The number of aryl methyl sites for hydroxylation is 1. The summed E-state index contributed by atoms with van der Waals surface area (Å²) < 4.78 is 29.5. The van der Waals surface area contributed by atoms with Crippen LogP contribution >= 0.6 is 0 Å². The molecule has 1 unspecified atom stereocenters. The van der Waals surface area contributed by atoms with Crippen LogP contribution in [-0.2, 0) is 4.79 Å². The zero-order valence-electron chi connectivity index (χ0n) is 14.4. The van der Waals surface area contributed by atoms with E-state index in [0.29, 0.717) is 12.1 Å². The number of aromatic nitrogens is 2. The summed E-state index contributed by atoms with van der Waals surface area (Å²) in [6.45, 7) is 1.96. The highest BCUT2D eigenvalue weighted by Crippen LogP contribution is 2.41. The molecule has 134 valence electrons. The van der Waals surface area contributed by atoms with E-state index in [1.54, 1.807) is 12.3 Å². The molecule has 2 heterocycles. The molecular weight excluding hydrogens is 336 g/mol. The van der Waals surface area contributed by atoms with Crippen LogP contribution < -0.4 is 5.32 Å². The number of fused-ring (bicyclic) bond motifs is 1.